The number of carbonyl (C=O) groups excluding carboxylic acids is 4. The molecule has 1 saturated carbocycles. The number of amides is 4. The maximum absolute atomic E-state index is 14.4. The van der Waals surface area contributed by atoms with Gasteiger partial charge in [-0.15, -0.1) is 0 Å². The molecule has 1 saturated heterocycles. The molecule has 13 nitrogen and oxygen atoms in total. The molecule has 1 unspecified atom stereocenters. The molecule has 304 valence electrons. The number of likely N-dealkylation sites (tertiary alicyclic amines) is 1. The molecule has 1 heterocycles. The fourth-order valence-corrected chi connectivity index (χ4v) is 8.35. The number of rotatable bonds is 21. The smallest absolute Gasteiger partial charge is 0.326 e. The highest BCUT2D eigenvalue weighted by Crippen LogP contribution is 2.50. The summed E-state index contributed by atoms with van der Waals surface area (Å²) in [5, 5.41) is 19.1. The predicted octanol–water partition coefficient (Wildman–Crippen LogP) is 3.76. The van der Waals surface area contributed by atoms with Gasteiger partial charge in [0.2, 0.25) is 23.6 Å². The number of nitrogens with one attached hydrogen (secondary N) is 3. The summed E-state index contributed by atoms with van der Waals surface area (Å²) in [6.07, 6.45) is 0.859. The molecule has 4 N–H and O–H groups in total. The minimum absolute atomic E-state index is 0.00271. The first-order valence-corrected chi connectivity index (χ1v) is 19.7. The van der Waals surface area contributed by atoms with E-state index in [1.54, 1.807) is 57.3 Å². The summed E-state index contributed by atoms with van der Waals surface area (Å²) in [5.74, 6) is -3.09. The average Bonchev–Trinajstić information content (AvgIpc) is 3.78. The third-order valence-electron chi connectivity index (χ3n) is 11.6. The van der Waals surface area contributed by atoms with Crippen molar-refractivity contribution in [2.45, 2.75) is 129 Å². The second kappa shape index (κ2) is 20.1. The van der Waals surface area contributed by atoms with Crippen LogP contribution in [0.15, 0.2) is 24.3 Å². The van der Waals surface area contributed by atoms with Gasteiger partial charge in [0.05, 0.1) is 42.7 Å². The Bertz CT molecular complexity index is 1460. The molecular formula is C40H64ClN5O8. The van der Waals surface area contributed by atoms with Crippen LogP contribution in [-0.2, 0) is 39.9 Å². The fraction of sp³-hybridized carbons (Fsp3) is 0.725. The molecule has 0 radical (unpaired) electrons. The van der Waals surface area contributed by atoms with Gasteiger partial charge in [-0.3, -0.25) is 19.2 Å². The summed E-state index contributed by atoms with van der Waals surface area (Å²) in [7, 11) is 6.48. The van der Waals surface area contributed by atoms with Crippen molar-refractivity contribution >= 4 is 41.2 Å². The van der Waals surface area contributed by atoms with Crippen molar-refractivity contribution in [3.63, 3.8) is 0 Å². The van der Waals surface area contributed by atoms with Gasteiger partial charge in [0.15, 0.2) is 0 Å². The molecule has 3 rings (SSSR count). The number of carbonyl (C=O) groups is 5. The number of hydrogen-bond donors (Lipinski definition) is 4. The third kappa shape index (κ3) is 10.7. The summed E-state index contributed by atoms with van der Waals surface area (Å²) < 4.78 is 11.9. The van der Waals surface area contributed by atoms with E-state index in [2.05, 4.69) is 16.0 Å². The van der Waals surface area contributed by atoms with E-state index in [4.69, 9.17) is 21.1 Å². The second-order valence-corrected chi connectivity index (χ2v) is 16.3. The zero-order chi connectivity index (χ0) is 40.6. The SMILES string of the molecule is CC[C@H](C)[C@@H]([C@@H](CC(=O)N1[C@H]2C[C@H]2C[C@H]1[C@H](OC)[C@@H](C)C(=O)NC(Cc1ccccc1Cl)C(=O)O)OC)N(C)C(=O)[C@@H](NC(=O)[C@@H](NC)C(C)C)C(C)C. The highest BCUT2D eigenvalue weighted by Gasteiger charge is 2.57. The minimum Gasteiger partial charge on any atom is -0.480 e. The number of hydrogen-bond acceptors (Lipinski definition) is 8. The normalized spacial score (nSPS) is 22.3. The lowest BCUT2D eigenvalue weighted by Gasteiger charge is -2.41. The molecule has 1 aliphatic heterocycles. The topological polar surface area (TPSA) is 167 Å². The molecule has 14 heteroatoms. The minimum atomic E-state index is -1.21. The molecule has 1 aromatic rings. The molecule has 1 aliphatic carbocycles. The van der Waals surface area contributed by atoms with E-state index in [0.717, 1.165) is 6.42 Å². The molecule has 0 bridgehead atoms. The van der Waals surface area contributed by atoms with Gasteiger partial charge in [-0.1, -0.05) is 84.7 Å². The van der Waals surface area contributed by atoms with E-state index < -0.39 is 60.2 Å². The van der Waals surface area contributed by atoms with Crippen molar-refractivity contribution in [1.29, 1.82) is 0 Å². The Kier molecular flexibility index (Phi) is 16.8. The van der Waals surface area contributed by atoms with E-state index in [-0.39, 0.29) is 60.3 Å². The van der Waals surface area contributed by atoms with Gasteiger partial charge in [0, 0.05) is 38.8 Å². The highest BCUT2D eigenvalue weighted by atomic mass is 35.5. The lowest BCUT2D eigenvalue weighted by Crippen LogP contribution is -2.59. The Morgan fingerprint density at radius 2 is 1.57 bits per heavy atom. The Morgan fingerprint density at radius 3 is 2.09 bits per heavy atom. The number of methoxy groups -OCH3 is 2. The standard InChI is InChI=1S/C40H64ClN5O8/c1-12-23(6)35(45(9)39(50)34(22(4)5)44-38(49)33(42-8)21(2)3)31(53-10)20-32(47)46-29-18-26(29)19-30(46)36(54-11)24(7)37(48)43-28(40(51)52)17-25-15-13-14-16-27(25)41/h13-16,21-24,26,28-31,33-36,42H,12,17-20H2,1-11H3,(H,43,48)(H,44,49)(H,51,52)/t23-,24+,26-,28?,29-,30-,31+,33-,34-,35-,36+/m0/s1. The maximum atomic E-state index is 14.4. The van der Waals surface area contributed by atoms with Crippen LogP contribution in [0.25, 0.3) is 0 Å². The zero-order valence-electron chi connectivity index (χ0n) is 33.9. The van der Waals surface area contributed by atoms with Crippen LogP contribution in [0, 0.1) is 29.6 Å². The number of nitrogens with zero attached hydrogens (tertiary/aromatic N) is 2. The second-order valence-electron chi connectivity index (χ2n) is 15.9. The monoisotopic (exact) mass is 777 g/mol. The summed E-state index contributed by atoms with van der Waals surface area (Å²) >= 11 is 6.28. The van der Waals surface area contributed by atoms with Gasteiger partial charge in [-0.25, -0.2) is 4.79 Å². The Labute approximate surface area is 326 Å². The molecule has 2 fully saturated rings. The van der Waals surface area contributed by atoms with Gasteiger partial charge in [-0.2, -0.15) is 0 Å². The number of fused-ring (bicyclic) bond motifs is 1. The number of carboxylic acids is 1. The lowest BCUT2D eigenvalue weighted by atomic mass is 9.89. The fourth-order valence-electron chi connectivity index (χ4n) is 8.14. The molecule has 2 aliphatic rings. The number of likely N-dealkylation sites (N-methyl/N-ethyl adjacent to an activating group) is 2. The van der Waals surface area contributed by atoms with Crippen molar-refractivity contribution in [2.24, 2.45) is 29.6 Å². The summed E-state index contributed by atoms with van der Waals surface area (Å²) in [6.45, 7) is 13.4. The number of carboxylic acid groups (broad SMARTS) is 1. The molecular weight excluding hydrogens is 714 g/mol. The molecule has 4 amide bonds. The molecule has 0 spiro atoms. The van der Waals surface area contributed by atoms with Crippen LogP contribution in [0.1, 0.15) is 79.7 Å². The summed E-state index contributed by atoms with van der Waals surface area (Å²) in [4.78, 5) is 71.0. The van der Waals surface area contributed by atoms with E-state index in [1.165, 1.54) is 7.11 Å². The van der Waals surface area contributed by atoms with E-state index in [9.17, 15) is 29.1 Å². The van der Waals surface area contributed by atoms with Crippen molar-refractivity contribution < 1.29 is 38.6 Å². The first-order chi connectivity index (χ1) is 25.4. The van der Waals surface area contributed by atoms with Crippen LogP contribution < -0.4 is 16.0 Å². The lowest BCUT2D eigenvalue weighted by molar-refractivity contribution is -0.149. The summed E-state index contributed by atoms with van der Waals surface area (Å²) in [6, 6.07) is 3.54. The van der Waals surface area contributed by atoms with Crippen LogP contribution in [-0.4, -0.2) is 121 Å². The molecule has 0 aromatic heterocycles. The Morgan fingerprint density at radius 1 is 0.944 bits per heavy atom. The number of ether oxygens (including phenoxy) is 2. The number of benzene rings is 1. The van der Waals surface area contributed by atoms with Crippen LogP contribution >= 0.6 is 11.6 Å². The quantitative estimate of drug-likeness (QED) is 0.146. The number of aliphatic carboxylic acids is 1. The first kappa shape index (κ1) is 45.1. The Balaban J connectivity index is 1.81. The van der Waals surface area contributed by atoms with E-state index in [0.29, 0.717) is 23.4 Å². The van der Waals surface area contributed by atoms with Gasteiger partial charge in [0.25, 0.3) is 0 Å². The van der Waals surface area contributed by atoms with Crippen molar-refractivity contribution in [2.75, 3.05) is 28.3 Å². The molecule has 11 atom stereocenters. The van der Waals surface area contributed by atoms with Crippen LogP contribution in [0.4, 0.5) is 0 Å². The van der Waals surface area contributed by atoms with Crippen LogP contribution in [0.5, 0.6) is 0 Å². The van der Waals surface area contributed by atoms with Crippen molar-refractivity contribution in [3.8, 4) is 0 Å². The molecule has 1 aromatic carbocycles. The molecule has 54 heavy (non-hydrogen) atoms. The van der Waals surface area contributed by atoms with E-state index in [1.807, 2.05) is 46.4 Å². The largest absolute Gasteiger partial charge is 0.480 e. The predicted molar refractivity (Wildman–Crippen MR) is 208 cm³/mol. The maximum Gasteiger partial charge on any atom is 0.326 e. The van der Waals surface area contributed by atoms with Crippen LogP contribution in [0.2, 0.25) is 5.02 Å². The number of piperidine rings is 1. The third-order valence-corrected chi connectivity index (χ3v) is 11.9. The average molecular weight is 778 g/mol. The zero-order valence-corrected chi connectivity index (χ0v) is 34.7. The van der Waals surface area contributed by atoms with Gasteiger partial charge < -0.3 is 40.3 Å². The number of halogens is 1. The van der Waals surface area contributed by atoms with Gasteiger partial charge >= 0.3 is 5.97 Å². The summed E-state index contributed by atoms with van der Waals surface area (Å²) in [5.41, 5.74) is 0.601. The first-order valence-electron chi connectivity index (χ1n) is 19.3. The van der Waals surface area contributed by atoms with E-state index >= 15 is 0 Å². The van der Waals surface area contributed by atoms with Crippen molar-refractivity contribution in [1.82, 2.24) is 25.8 Å². The van der Waals surface area contributed by atoms with Crippen LogP contribution in [0.3, 0.4) is 0 Å². The van der Waals surface area contributed by atoms with Gasteiger partial charge in [0.1, 0.15) is 12.1 Å². The highest BCUT2D eigenvalue weighted by molar-refractivity contribution is 6.31. The van der Waals surface area contributed by atoms with Gasteiger partial charge in [-0.05, 0) is 55.2 Å². The van der Waals surface area contributed by atoms with Crippen molar-refractivity contribution in [3.05, 3.63) is 34.9 Å². The Hall–Kier alpha value is -3.26.